The van der Waals surface area contributed by atoms with Crippen molar-refractivity contribution in [1.29, 1.82) is 0 Å². The van der Waals surface area contributed by atoms with Crippen molar-refractivity contribution in [2.24, 2.45) is 7.05 Å². The number of amides is 1. The molecule has 0 unspecified atom stereocenters. The van der Waals surface area contributed by atoms with Gasteiger partial charge in [-0.15, -0.1) is 0 Å². The van der Waals surface area contributed by atoms with Crippen LogP contribution in [0.15, 0.2) is 67.0 Å². The summed E-state index contributed by atoms with van der Waals surface area (Å²) >= 11 is 0. The molecule has 1 amide bonds. The Morgan fingerprint density at radius 3 is 2.68 bits per heavy atom. The number of nitrogens with one attached hydrogen (secondary N) is 1. The quantitative estimate of drug-likeness (QED) is 0.753. The number of aromatic nitrogens is 2. The Kier molecular flexibility index (Phi) is 5.14. The summed E-state index contributed by atoms with van der Waals surface area (Å²) in [6, 6.07) is 17.0. The first-order valence-corrected chi connectivity index (χ1v) is 8.12. The first kappa shape index (κ1) is 16.8. The van der Waals surface area contributed by atoms with Crippen LogP contribution in [0, 0.1) is 0 Å². The van der Waals surface area contributed by atoms with E-state index in [4.69, 9.17) is 4.74 Å². The van der Waals surface area contributed by atoms with Gasteiger partial charge in [0.15, 0.2) is 0 Å². The number of carbonyl (C=O) groups excluding carboxylic acids is 1. The summed E-state index contributed by atoms with van der Waals surface area (Å²) in [6.45, 7) is 0. The molecule has 3 rings (SSSR count). The van der Waals surface area contributed by atoms with Gasteiger partial charge in [0, 0.05) is 19.4 Å². The van der Waals surface area contributed by atoms with Crippen molar-refractivity contribution < 1.29 is 9.53 Å². The van der Waals surface area contributed by atoms with Crippen LogP contribution < -0.4 is 10.1 Å². The van der Waals surface area contributed by atoms with E-state index in [1.807, 2.05) is 72.4 Å². The molecule has 1 atom stereocenters. The molecule has 0 spiro atoms. The molecule has 0 saturated carbocycles. The van der Waals surface area contributed by atoms with Crippen LogP contribution in [-0.4, -0.2) is 22.6 Å². The van der Waals surface area contributed by atoms with Crippen LogP contribution in [0.2, 0.25) is 0 Å². The summed E-state index contributed by atoms with van der Waals surface area (Å²) in [4.78, 5) is 17.0. The van der Waals surface area contributed by atoms with Crippen LogP contribution in [0.4, 0.5) is 0 Å². The van der Waals surface area contributed by atoms with Gasteiger partial charge in [0.05, 0.1) is 13.5 Å². The lowest BCUT2D eigenvalue weighted by atomic mass is 10.0. The number of nitrogens with zero attached hydrogens (tertiary/aromatic N) is 2. The zero-order valence-electron chi connectivity index (χ0n) is 14.3. The number of carbonyl (C=O) groups is 1. The average molecular weight is 335 g/mol. The Hall–Kier alpha value is -3.08. The molecule has 1 heterocycles. The summed E-state index contributed by atoms with van der Waals surface area (Å²) in [6.07, 6.45) is 3.92. The minimum atomic E-state index is -0.341. The van der Waals surface area contributed by atoms with Crippen LogP contribution in [0.1, 0.15) is 23.0 Å². The van der Waals surface area contributed by atoms with Crippen molar-refractivity contribution in [3.05, 3.63) is 83.9 Å². The molecule has 0 saturated heterocycles. The highest BCUT2D eigenvalue weighted by Crippen LogP contribution is 2.24. The van der Waals surface area contributed by atoms with Gasteiger partial charge in [-0.05, 0) is 23.3 Å². The summed E-state index contributed by atoms with van der Waals surface area (Å²) in [5.74, 6) is 1.46. The molecule has 25 heavy (non-hydrogen) atoms. The fourth-order valence-corrected chi connectivity index (χ4v) is 2.77. The predicted octanol–water partition coefficient (Wildman–Crippen LogP) is 2.88. The van der Waals surface area contributed by atoms with Crippen LogP contribution in [-0.2, 0) is 18.3 Å². The Bertz CT molecular complexity index is 843. The van der Waals surface area contributed by atoms with Gasteiger partial charge < -0.3 is 14.6 Å². The van der Waals surface area contributed by atoms with Crippen molar-refractivity contribution in [1.82, 2.24) is 14.9 Å². The largest absolute Gasteiger partial charge is 0.497 e. The minimum Gasteiger partial charge on any atom is -0.497 e. The molecule has 1 aromatic heterocycles. The smallest absolute Gasteiger partial charge is 0.225 e. The van der Waals surface area contributed by atoms with Crippen molar-refractivity contribution in [2.75, 3.05) is 7.11 Å². The van der Waals surface area contributed by atoms with Gasteiger partial charge in [0.25, 0.3) is 0 Å². The minimum absolute atomic E-state index is 0.0537. The Morgan fingerprint density at radius 2 is 2.00 bits per heavy atom. The molecule has 1 N–H and O–H groups in total. The number of hydrogen-bond donors (Lipinski definition) is 1. The van der Waals surface area contributed by atoms with Crippen molar-refractivity contribution in [3.63, 3.8) is 0 Å². The number of benzene rings is 2. The van der Waals surface area contributed by atoms with Crippen molar-refractivity contribution in [2.45, 2.75) is 12.5 Å². The zero-order valence-corrected chi connectivity index (χ0v) is 14.3. The lowest BCUT2D eigenvalue weighted by molar-refractivity contribution is -0.121. The number of aryl methyl sites for hydroxylation is 1. The molecular weight excluding hydrogens is 314 g/mol. The van der Waals surface area contributed by atoms with Gasteiger partial charge in [0.1, 0.15) is 17.6 Å². The third kappa shape index (κ3) is 4.07. The van der Waals surface area contributed by atoms with Gasteiger partial charge >= 0.3 is 0 Å². The Balaban J connectivity index is 1.86. The maximum Gasteiger partial charge on any atom is 0.225 e. The molecule has 0 bridgehead atoms. The van der Waals surface area contributed by atoms with Crippen LogP contribution in [0.5, 0.6) is 5.75 Å². The van der Waals surface area contributed by atoms with E-state index in [0.717, 1.165) is 22.7 Å². The standard InChI is InChI=1S/C20H21N3O2/c1-23-12-11-21-20(23)19(16-9-6-10-17(14-16)25-2)22-18(24)13-15-7-4-3-5-8-15/h3-12,14,19H,13H2,1-2H3,(H,22,24)/t19-/m0/s1. The number of ether oxygens (including phenoxy) is 1. The maximum absolute atomic E-state index is 12.6. The van der Waals surface area contributed by atoms with E-state index in [1.165, 1.54) is 0 Å². The van der Waals surface area contributed by atoms with Gasteiger partial charge in [-0.25, -0.2) is 4.98 Å². The first-order chi connectivity index (χ1) is 12.2. The fourth-order valence-electron chi connectivity index (χ4n) is 2.77. The van der Waals surface area contributed by atoms with E-state index in [-0.39, 0.29) is 11.9 Å². The normalized spacial score (nSPS) is 11.8. The molecule has 0 aliphatic heterocycles. The molecule has 128 valence electrons. The number of methoxy groups -OCH3 is 1. The van der Waals surface area contributed by atoms with Gasteiger partial charge in [-0.1, -0.05) is 42.5 Å². The van der Waals surface area contributed by atoms with E-state index in [2.05, 4.69) is 10.3 Å². The van der Waals surface area contributed by atoms with Crippen LogP contribution in [0.25, 0.3) is 0 Å². The van der Waals surface area contributed by atoms with E-state index in [1.54, 1.807) is 13.3 Å². The monoisotopic (exact) mass is 335 g/mol. The van der Waals surface area contributed by atoms with E-state index in [9.17, 15) is 4.79 Å². The number of hydrogen-bond acceptors (Lipinski definition) is 3. The van der Waals surface area contributed by atoms with Gasteiger partial charge in [-0.2, -0.15) is 0 Å². The second-order valence-corrected chi connectivity index (χ2v) is 5.84. The van der Waals surface area contributed by atoms with Crippen molar-refractivity contribution >= 4 is 5.91 Å². The lowest BCUT2D eigenvalue weighted by Gasteiger charge is -2.20. The fraction of sp³-hybridized carbons (Fsp3) is 0.200. The Labute approximate surface area is 147 Å². The average Bonchev–Trinajstić information content (AvgIpc) is 3.06. The third-order valence-corrected chi connectivity index (χ3v) is 4.06. The molecule has 3 aromatic rings. The summed E-state index contributed by atoms with van der Waals surface area (Å²) in [5, 5.41) is 3.10. The SMILES string of the molecule is COc1cccc([C@H](NC(=O)Cc2ccccc2)c2nccn2C)c1. The van der Waals surface area contributed by atoms with E-state index >= 15 is 0 Å². The molecule has 5 heteroatoms. The molecule has 0 aliphatic rings. The molecule has 0 radical (unpaired) electrons. The van der Waals surface area contributed by atoms with E-state index < -0.39 is 0 Å². The summed E-state index contributed by atoms with van der Waals surface area (Å²) in [5.41, 5.74) is 1.90. The molecule has 0 fully saturated rings. The highest BCUT2D eigenvalue weighted by molar-refractivity contribution is 5.79. The number of rotatable bonds is 6. The second-order valence-electron chi connectivity index (χ2n) is 5.84. The molecule has 5 nitrogen and oxygen atoms in total. The molecular formula is C20H21N3O2. The third-order valence-electron chi connectivity index (χ3n) is 4.06. The topological polar surface area (TPSA) is 56.1 Å². The highest BCUT2D eigenvalue weighted by atomic mass is 16.5. The summed E-state index contributed by atoms with van der Waals surface area (Å²) < 4.78 is 7.22. The molecule has 0 aliphatic carbocycles. The Morgan fingerprint density at radius 1 is 1.20 bits per heavy atom. The van der Waals surface area contributed by atoms with Crippen LogP contribution in [0.3, 0.4) is 0 Å². The van der Waals surface area contributed by atoms with Gasteiger partial charge in [-0.3, -0.25) is 4.79 Å². The van der Waals surface area contributed by atoms with Gasteiger partial charge in [0.2, 0.25) is 5.91 Å². The highest BCUT2D eigenvalue weighted by Gasteiger charge is 2.21. The lowest BCUT2D eigenvalue weighted by Crippen LogP contribution is -2.32. The second kappa shape index (κ2) is 7.66. The number of imidazole rings is 1. The van der Waals surface area contributed by atoms with Crippen LogP contribution >= 0.6 is 0 Å². The molecule has 2 aromatic carbocycles. The van der Waals surface area contributed by atoms with Crippen molar-refractivity contribution in [3.8, 4) is 5.75 Å². The summed E-state index contributed by atoms with van der Waals surface area (Å²) in [7, 11) is 3.54. The zero-order chi connectivity index (χ0) is 17.6. The predicted molar refractivity (Wildman–Crippen MR) is 96.3 cm³/mol. The maximum atomic E-state index is 12.6. The first-order valence-electron chi connectivity index (χ1n) is 8.12. The van der Waals surface area contributed by atoms with E-state index in [0.29, 0.717) is 6.42 Å².